The Morgan fingerprint density at radius 1 is 1.17 bits per heavy atom. The van der Waals surface area contributed by atoms with Crippen LogP contribution in [0.25, 0.3) is 11.4 Å². The van der Waals surface area contributed by atoms with Crippen LogP contribution in [0.3, 0.4) is 0 Å². The molecule has 3 rings (SSSR count). The number of para-hydroxylation sites is 1. The molecule has 1 heterocycles. The Labute approximate surface area is 173 Å². The summed E-state index contributed by atoms with van der Waals surface area (Å²) in [5.74, 6) is 0.0682. The average Bonchev–Trinajstić information content (AvgIpc) is 3.14. The van der Waals surface area contributed by atoms with Crippen LogP contribution < -0.4 is 9.62 Å². The fourth-order valence-corrected chi connectivity index (χ4v) is 3.67. The molecule has 0 saturated carbocycles. The van der Waals surface area contributed by atoms with Gasteiger partial charge in [-0.25, -0.2) is 8.42 Å². The molecule has 2 aromatic carbocycles. The van der Waals surface area contributed by atoms with Gasteiger partial charge in [-0.15, -0.1) is 0 Å². The molecule has 29 heavy (non-hydrogen) atoms. The molecule has 3 aromatic rings. The molecule has 8 nitrogen and oxygen atoms in total. The molecule has 152 valence electrons. The zero-order valence-corrected chi connectivity index (χ0v) is 17.4. The minimum atomic E-state index is -3.64. The molecule has 0 aliphatic heterocycles. The number of hydrogen-bond acceptors (Lipinski definition) is 6. The Morgan fingerprint density at radius 3 is 2.52 bits per heavy atom. The van der Waals surface area contributed by atoms with Crippen LogP contribution in [0.2, 0.25) is 5.02 Å². The minimum Gasteiger partial charge on any atom is -0.345 e. The summed E-state index contributed by atoms with van der Waals surface area (Å²) in [5, 5.41) is 7.06. The Hall–Kier alpha value is -2.91. The quantitative estimate of drug-likeness (QED) is 0.613. The molecule has 1 N–H and O–H groups in total. The number of carbonyl (C=O) groups excluding carboxylic acids is 1. The van der Waals surface area contributed by atoms with E-state index in [2.05, 4.69) is 15.5 Å². The van der Waals surface area contributed by atoms with Gasteiger partial charge in [-0.05, 0) is 42.8 Å². The number of aryl methyl sites for hydroxylation is 1. The number of amides is 1. The van der Waals surface area contributed by atoms with E-state index < -0.39 is 15.9 Å². The molecule has 0 unspecified atom stereocenters. The van der Waals surface area contributed by atoms with Crippen molar-refractivity contribution in [2.45, 2.75) is 13.5 Å². The lowest BCUT2D eigenvalue weighted by Crippen LogP contribution is -2.40. The van der Waals surface area contributed by atoms with Gasteiger partial charge in [0, 0.05) is 10.6 Å². The topological polar surface area (TPSA) is 105 Å². The molecule has 1 aromatic heterocycles. The number of rotatable bonds is 7. The van der Waals surface area contributed by atoms with Gasteiger partial charge in [0.05, 0.1) is 18.5 Å². The van der Waals surface area contributed by atoms with E-state index >= 15 is 0 Å². The summed E-state index contributed by atoms with van der Waals surface area (Å²) in [6.07, 6.45) is 1.06. The van der Waals surface area contributed by atoms with Crippen molar-refractivity contribution >= 4 is 33.2 Å². The number of nitrogens with zero attached hydrogens (tertiary/aromatic N) is 3. The first-order valence-electron chi connectivity index (χ1n) is 8.62. The van der Waals surface area contributed by atoms with Crippen LogP contribution in [0, 0.1) is 6.92 Å². The lowest BCUT2D eigenvalue weighted by molar-refractivity contribution is -0.119. The molecule has 0 saturated heterocycles. The summed E-state index contributed by atoms with van der Waals surface area (Å²) < 4.78 is 30.5. The monoisotopic (exact) mass is 434 g/mol. The highest BCUT2D eigenvalue weighted by molar-refractivity contribution is 7.92. The van der Waals surface area contributed by atoms with Crippen LogP contribution in [0.15, 0.2) is 53.1 Å². The molecular weight excluding hydrogens is 416 g/mol. The lowest BCUT2D eigenvalue weighted by atomic mass is 10.2. The van der Waals surface area contributed by atoms with E-state index in [9.17, 15) is 13.2 Å². The van der Waals surface area contributed by atoms with Crippen molar-refractivity contribution in [2.75, 3.05) is 17.1 Å². The van der Waals surface area contributed by atoms with E-state index in [1.54, 1.807) is 55.5 Å². The van der Waals surface area contributed by atoms with Gasteiger partial charge in [-0.2, -0.15) is 4.98 Å². The lowest BCUT2D eigenvalue weighted by Gasteiger charge is -2.23. The van der Waals surface area contributed by atoms with Crippen molar-refractivity contribution in [2.24, 2.45) is 0 Å². The van der Waals surface area contributed by atoms with Crippen molar-refractivity contribution in [1.82, 2.24) is 15.5 Å². The molecule has 0 aliphatic rings. The van der Waals surface area contributed by atoms with Crippen LogP contribution in [-0.4, -0.2) is 37.3 Å². The molecule has 10 heteroatoms. The predicted octanol–water partition coefficient (Wildman–Crippen LogP) is 2.78. The zero-order valence-electron chi connectivity index (χ0n) is 15.8. The van der Waals surface area contributed by atoms with E-state index in [1.807, 2.05) is 0 Å². The Bertz CT molecular complexity index is 1110. The molecule has 0 fully saturated rings. The molecular formula is C19H19ClN4O4S. The third-order valence-electron chi connectivity index (χ3n) is 4.08. The summed E-state index contributed by atoms with van der Waals surface area (Å²) in [7, 11) is -3.64. The summed E-state index contributed by atoms with van der Waals surface area (Å²) in [4.78, 5) is 16.6. The van der Waals surface area contributed by atoms with Gasteiger partial charge >= 0.3 is 0 Å². The molecule has 0 aliphatic carbocycles. The maximum Gasteiger partial charge on any atom is 0.246 e. The number of aromatic nitrogens is 2. The maximum atomic E-state index is 12.4. The SMILES string of the molecule is Cc1ccccc1N(CC(=O)NCc1nc(-c2ccc(Cl)cc2)no1)S(C)(=O)=O. The Balaban J connectivity index is 1.66. The van der Waals surface area contributed by atoms with Gasteiger partial charge in [-0.3, -0.25) is 9.10 Å². The Morgan fingerprint density at radius 2 is 1.86 bits per heavy atom. The van der Waals surface area contributed by atoms with Crippen molar-refractivity contribution in [1.29, 1.82) is 0 Å². The van der Waals surface area contributed by atoms with Gasteiger partial charge in [0.2, 0.25) is 27.6 Å². The summed E-state index contributed by atoms with van der Waals surface area (Å²) >= 11 is 5.86. The minimum absolute atomic E-state index is 0.0230. The van der Waals surface area contributed by atoms with E-state index in [0.717, 1.165) is 21.7 Å². The predicted molar refractivity (Wildman–Crippen MR) is 110 cm³/mol. The molecule has 1 amide bonds. The van der Waals surface area contributed by atoms with Gasteiger partial charge in [0.25, 0.3) is 0 Å². The summed E-state index contributed by atoms with van der Waals surface area (Å²) in [5.41, 5.74) is 1.92. The van der Waals surface area contributed by atoms with Crippen LogP contribution in [0.5, 0.6) is 0 Å². The van der Waals surface area contributed by atoms with Gasteiger partial charge < -0.3 is 9.84 Å². The first-order valence-corrected chi connectivity index (χ1v) is 10.9. The fourth-order valence-electron chi connectivity index (χ4n) is 2.63. The second-order valence-electron chi connectivity index (χ2n) is 6.35. The fraction of sp³-hybridized carbons (Fsp3) is 0.211. The third kappa shape index (κ3) is 5.33. The average molecular weight is 435 g/mol. The molecule has 0 spiro atoms. The largest absolute Gasteiger partial charge is 0.345 e. The summed E-state index contributed by atoms with van der Waals surface area (Å²) in [6.45, 7) is 1.40. The number of nitrogens with one attached hydrogen (secondary N) is 1. The maximum absolute atomic E-state index is 12.4. The molecule has 0 radical (unpaired) electrons. The van der Waals surface area contributed by atoms with E-state index in [4.69, 9.17) is 16.1 Å². The smallest absolute Gasteiger partial charge is 0.246 e. The van der Waals surface area contributed by atoms with Crippen LogP contribution in [0.4, 0.5) is 5.69 Å². The highest BCUT2D eigenvalue weighted by atomic mass is 35.5. The number of benzene rings is 2. The van der Waals surface area contributed by atoms with Gasteiger partial charge in [-0.1, -0.05) is 35.0 Å². The van der Waals surface area contributed by atoms with Crippen molar-refractivity contribution in [3.63, 3.8) is 0 Å². The van der Waals surface area contributed by atoms with Crippen molar-refractivity contribution in [3.8, 4) is 11.4 Å². The molecule has 0 bridgehead atoms. The van der Waals surface area contributed by atoms with Crippen LogP contribution >= 0.6 is 11.6 Å². The van der Waals surface area contributed by atoms with Crippen LogP contribution in [-0.2, 0) is 21.4 Å². The summed E-state index contributed by atoms with van der Waals surface area (Å²) in [6, 6.07) is 13.9. The number of carbonyl (C=O) groups is 1. The first kappa shape index (κ1) is 20.8. The van der Waals surface area contributed by atoms with Gasteiger partial charge in [0.15, 0.2) is 0 Å². The van der Waals surface area contributed by atoms with Crippen molar-refractivity contribution in [3.05, 3.63) is 65.0 Å². The Kier molecular flexibility index (Phi) is 6.19. The highest BCUT2D eigenvalue weighted by Crippen LogP contribution is 2.22. The highest BCUT2D eigenvalue weighted by Gasteiger charge is 2.22. The number of anilines is 1. The normalized spacial score (nSPS) is 11.3. The van der Waals surface area contributed by atoms with E-state index in [-0.39, 0.29) is 19.0 Å². The zero-order chi connectivity index (χ0) is 21.0. The number of hydrogen-bond donors (Lipinski definition) is 1. The van der Waals surface area contributed by atoms with Crippen LogP contribution in [0.1, 0.15) is 11.5 Å². The van der Waals surface area contributed by atoms with E-state index in [0.29, 0.717) is 16.5 Å². The standard InChI is InChI=1S/C19H19ClN4O4S/c1-13-5-3-4-6-16(13)24(29(2,26)27)12-17(25)21-11-18-22-19(23-28-18)14-7-9-15(20)10-8-14/h3-10H,11-12H2,1-2H3,(H,21,25). The number of halogens is 1. The number of sulfonamides is 1. The van der Waals surface area contributed by atoms with Crippen molar-refractivity contribution < 1.29 is 17.7 Å². The van der Waals surface area contributed by atoms with E-state index in [1.165, 1.54) is 0 Å². The third-order valence-corrected chi connectivity index (χ3v) is 5.46. The van der Waals surface area contributed by atoms with Gasteiger partial charge in [0.1, 0.15) is 6.54 Å². The second kappa shape index (κ2) is 8.62. The molecule has 0 atom stereocenters. The second-order valence-corrected chi connectivity index (χ2v) is 8.69. The first-order chi connectivity index (χ1) is 13.7.